The quantitative estimate of drug-likeness (QED) is 0.191. The lowest BCUT2D eigenvalue weighted by Crippen LogP contribution is -1.91. The summed E-state index contributed by atoms with van der Waals surface area (Å²) in [5.41, 5.74) is 5.22. The van der Waals surface area contributed by atoms with Crippen LogP contribution >= 0.6 is 22.7 Å². The van der Waals surface area contributed by atoms with Crippen molar-refractivity contribution in [3.8, 4) is 22.3 Å². The third-order valence-electron chi connectivity index (χ3n) is 8.33. The van der Waals surface area contributed by atoms with Crippen molar-refractivity contribution in [1.29, 1.82) is 0 Å². The summed E-state index contributed by atoms with van der Waals surface area (Å²) < 4.78 is 4.05. The van der Waals surface area contributed by atoms with Crippen molar-refractivity contribution in [1.82, 2.24) is 0 Å². The highest BCUT2D eigenvalue weighted by Gasteiger charge is 2.20. The van der Waals surface area contributed by atoms with Crippen LogP contribution in [0.1, 0.15) is 0 Å². The molecule has 0 saturated carbocycles. The monoisotopic (exact) mass is 542 g/mol. The molecule has 0 bridgehead atoms. The predicted molar refractivity (Wildman–Crippen MR) is 178 cm³/mol. The van der Waals surface area contributed by atoms with Crippen LogP contribution in [0.15, 0.2) is 133 Å². The fourth-order valence-electron chi connectivity index (χ4n) is 6.64. The van der Waals surface area contributed by atoms with Crippen molar-refractivity contribution in [2.45, 2.75) is 0 Å². The first-order chi connectivity index (χ1) is 19.8. The molecule has 40 heavy (non-hydrogen) atoms. The highest BCUT2D eigenvalue weighted by atomic mass is 32.1. The van der Waals surface area contributed by atoms with Gasteiger partial charge in [-0.05, 0) is 90.3 Å². The van der Waals surface area contributed by atoms with E-state index in [0.29, 0.717) is 0 Å². The maximum Gasteiger partial charge on any atom is 0.0362 e. The van der Waals surface area contributed by atoms with Crippen molar-refractivity contribution in [2.75, 3.05) is 0 Å². The van der Waals surface area contributed by atoms with E-state index in [1.807, 2.05) is 22.7 Å². The topological polar surface area (TPSA) is 0 Å². The summed E-state index contributed by atoms with van der Waals surface area (Å²) in [5.74, 6) is 0. The number of hydrogen-bond acceptors (Lipinski definition) is 2. The Balaban J connectivity index is 1.46. The molecule has 0 aliphatic carbocycles. The molecule has 0 amide bonds. The first-order valence-electron chi connectivity index (χ1n) is 13.6. The Kier molecular flexibility index (Phi) is 4.74. The van der Waals surface area contributed by atoms with Gasteiger partial charge in [0.2, 0.25) is 0 Å². The van der Waals surface area contributed by atoms with E-state index in [2.05, 4.69) is 133 Å². The van der Waals surface area contributed by atoms with Crippen LogP contribution < -0.4 is 0 Å². The van der Waals surface area contributed by atoms with Gasteiger partial charge < -0.3 is 0 Å². The summed E-state index contributed by atoms with van der Waals surface area (Å²) in [6, 6.07) is 47.3. The third-order valence-corrected chi connectivity index (χ3v) is 10.3. The van der Waals surface area contributed by atoms with Gasteiger partial charge >= 0.3 is 0 Å². The number of benzene rings is 7. The average Bonchev–Trinajstić information content (AvgIpc) is 3.64. The second kappa shape index (κ2) is 8.50. The highest BCUT2D eigenvalue weighted by Crippen LogP contribution is 2.49. The smallest absolute Gasteiger partial charge is 0.0362 e. The Labute approximate surface area is 239 Å². The second-order valence-electron chi connectivity index (χ2n) is 10.5. The summed E-state index contributed by atoms with van der Waals surface area (Å²) in [6.45, 7) is 0. The molecule has 0 unspecified atom stereocenters. The minimum Gasteiger partial charge on any atom is -0.144 e. The van der Waals surface area contributed by atoms with Gasteiger partial charge in [-0.3, -0.25) is 0 Å². The number of fused-ring (bicyclic) bond motifs is 8. The van der Waals surface area contributed by atoms with E-state index in [4.69, 9.17) is 0 Å². The van der Waals surface area contributed by atoms with E-state index < -0.39 is 0 Å². The van der Waals surface area contributed by atoms with Gasteiger partial charge in [-0.25, -0.2) is 0 Å². The molecule has 9 aromatic rings. The van der Waals surface area contributed by atoms with Gasteiger partial charge in [-0.15, -0.1) is 22.7 Å². The number of hydrogen-bond donors (Lipinski definition) is 0. The lowest BCUT2D eigenvalue weighted by Gasteiger charge is -2.18. The molecule has 0 N–H and O–H groups in total. The van der Waals surface area contributed by atoms with Crippen LogP contribution in [-0.2, 0) is 0 Å². The van der Waals surface area contributed by atoms with E-state index in [9.17, 15) is 0 Å². The maximum atomic E-state index is 2.35. The lowest BCUT2D eigenvalue weighted by molar-refractivity contribution is 1.69. The van der Waals surface area contributed by atoms with Gasteiger partial charge in [0.15, 0.2) is 0 Å². The van der Waals surface area contributed by atoms with Crippen LogP contribution in [0.4, 0.5) is 0 Å². The molecule has 0 aliphatic rings. The zero-order valence-electron chi connectivity index (χ0n) is 21.5. The zero-order chi connectivity index (χ0) is 26.2. The SMILES string of the molecule is c1ccc2cc(-c3c4ccccc4c(-c4cccc5sc6ccc7sccc7c6c45)c4ccccc34)ccc2c1. The van der Waals surface area contributed by atoms with Gasteiger partial charge in [0.25, 0.3) is 0 Å². The van der Waals surface area contributed by atoms with Crippen molar-refractivity contribution in [3.05, 3.63) is 133 Å². The fourth-order valence-corrected chi connectivity index (χ4v) is 8.58. The standard InChI is InChI=1S/C38H22S2/c1-2-9-24-22-25(17-16-23(24)8-1)35-26-10-3-5-12-28(26)36(29-13-6-4-11-27(29)35)31-14-7-15-33-38(31)37-30-20-21-39-32(30)18-19-34(37)40-33/h1-22H. The van der Waals surface area contributed by atoms with E-state index in [1.165, 1.54) is 84.8 Å². The largest absolute Gasteiger partial charge is 0.144 e. The predicted octanol–water partition coefficient (Wildman–Crippen LogP) is 12.1. The minimum atomic E-state index is 1.26. The van der Waals surface area contributed by atoms with E-state index in [-0.39, 0.29) is 0 Å². The van der Waals surface area contributed by atoms with Gasteiger partial charge in [-0.1, -0.05) is 97.1 Å². The molecule has 0 radical (unpaired) electrons. The van der Waals surface area contributed by atoms with Crippen molar-refractivity contribution < 1.29 is 0 Å². The highest BCUT2D eigenvalue weighted by molar-refractivity contribution is 7.26. The molecule has 0 aliphatic heterocycles. The minimum absolute atomic E-state index is 1.26. The Morgan fingerprint density at radius 2 is 1.05 bits per heavy atom. The van der Waals surface area contributed by atoms with Crippen LogP contribution in [0.3, 0.4) is 0 Å². The summed E-state index contributed by atoms with van der Waals surface area (Å²) >= 11 is 3.73. The maximum absolute atomic E-state index is 2.35. The van der Waals surface area contributed by atoms with Gasteiger partial charge in [-0.2, -0.15) is 0 Å². The summed E-state index contributed by atoms with van der Waals surface area (Å²) in [4.78, 5) is 0. The van der Waals surface area contributed by atoms with Crippen LogP contribution in [0.5, 0.6) is 0 Å². The molecule has 2 heteroatoms. The molecule has 0 spiro atoms. The Hall–Kier alpha value is -4.50. The molecule has 2 aromatic heterocycles. The molecule has 9 rings (SSSR count). The average molecular weight is 543 g/mol. The third kappa shape index (κ3) is 3.12. The molecule has 7 aromatic carbocycles. The molecule has 186 valence electrons. The van der Waals surface area contributed by atoms with E-state index in [0.717, 1.165) is 0 Å². The van der Waals surface area contributed by atoms with Gasteiger partial charge in [0, 0.05) is 30.3 Å². The summed E-state index contributed by atoms with van der Waals surface area (Å²) in [6.07, 6.45) is 0. The van der Waals surface area contributed by atoms with Gasteiger partial charge in [0.05, 0.1) is 0 Å². The normalized spacial score (nSPS) is 12.0. The van der Waals surface area contributed by atoms with Crippen molar-refractivity contribution in [2.24, 2.45) is 0 Å². The fraction of sp³-hybridized carbons (Fsp3) is 0. The zero-order valence-corrected chi connectivity index (χ0v) is 23.2. The van der Waals surface area contributed by atoms with Crippen molar-refractivity contribution in [3.63, 3.8) is 0 Å². The van der Waals surface area contributed by atoms with Crippen LogP contribution in [0.25, 0.3) is 84.8 Å². The Morgan fingerprint density at radius 1 is 0.400 bits per heavy atom. The molecule has 0 fully saturated rings. The number of rotatable bonds is 2. The van der Waals surface area contributed by atoms with Crippen molar-refractivity contribution >= 4 is 85.2 Å². The van der Waals surface area contributed by atoms with E-state index >= 15 is 0 Å². The summed E-state index contributed by atoms with van der Waals surface area (Å²) in [5, 5.41) is 14.1. The van der Waals surface area contributed by atoms with Crippen LogP contribution in [0, 0.1) is 0 Å². The van der Waals surface area contributed by atoms with Gasteiger partial charge in [0.1, 0.15) is 0 Å². The summed E-state index contributed by atoms with van der Waals surface area (Å²) in [7, 11) is 0. The molecule has 0 atom stereocenters. The Morgan fingerprint density at radius 3 is 1.82 bits per heavy atom. The van der Waals surface area contributed by atoms with E-state index in [1.54, 1.807) is 0 Å². The molecule has 2 heterocycles. The first kappa shape index (κ1) is 22.3. The first-order valence-corrected chi connectivity index (χ1v) is 15.3. The lowest BCUT2D eigenvalue weighted by atomic mass is 9.84. The molecular weight excluding hydrogens is 521 g/mol. The molecule has 0 saturated heterocycles. The number of thiophene rings is 2. The Bertz CT molecular complexity index is 2380. The molecule has 0 nitrogen and oxygen atoms in total. The van der Waals surface area contributed by atoms with Crippen LogP contribution in [-0.4, -0.2) is 0 Å². The second-order valence-corrected chi connectivity index (χ2v) is 12.5. The molecular formula is C38H22S2. The van der Waals surface area contributed by atoms with Crippen LogP contribution in [0.2, 0.25) is 0 Å².